The molecule has 1 unspecified atom stereocenters. The Morgan fingerprint density at radius 3 is 2.57 bits per heavy atom. The number of hydrogen-bond acceptors (Lipinski definition) is 4. The molecule has 0 saturated heterocycles. The number of rotatable bonds is 7. The number of benzene rings is 1. The van der Waals surface area contributed by atoms with E-state index in [0.717, 1.165) is 6.07 Å². The Labute approximate surface area is 134 Å². The second-order valence-electron chi connectivity index (χ2n) is 4.42. The van der Waals surface area contributed by atoms with Gasteiger partial charge in [0, 0.05) is 33.8 Å². The monoisotopic (exact) mass is 397 g/mol. The summed E-state index contributed by atoms with van der Waals surface area (Å²) < 4.78 is 38.2. The molecule has 0 radical (unpaired) electrons. The molecular formula is C12H16BrNO5S2. The highest BCUT2D eigenvalue weighted by Crippen LogP contribution is 2.25. The summed E-state index contributed by atoms with van der Waals surface area (Å²) in [5.74, 6) is -0.797. The van der Waals surface area contributed by atoms with E-state index in [1.807, 2.05) is 0 Å². The molecule has 9 heteroatoms. The van der Waals surface area contributed by atoms with Crippen molar-refractivity contribution in [3.8, 4) is 0 Å². The standard InChI is InChI=1S/C12H16BrNO5S2/c1-8-10(13)6-9(12(15)16)7-11(8)21(18,19)14-4-3-5-20(2)17/h6-7,14H,3-5H2,1-2H3,(H,15,16). The van der Waals surface area contributed by atoms with E-state index in [4.69, 9.17) is 5.11 Å². The number of carboxylic acid groups (broad SMARTS) is 1. The molecule has 6 nitrogen and oxygen atoms in total. The first-order chi connectivity index (χ1) is 9.65. The molecule has 2 N–H and O–H groups in total. The number of carboxylic acids is 1. The van der Waals surface area contributed by atoms with E-state index in [0.29, 0.717) is 22.2 Å². The van der Waals surface area contributed by atoms with Crippen molar-refractivity contribution in [3.63, 3.8) is 0 Å². The fourth-order valence-electron chi connectivity index (χ4n) is 1.62. The molecule has 0 aliphatic carbocycles. The first kappa shape index (κ1) is 18.3. The molecule has 0 aliphatic heterocycles. The van der Waals surface area contributed by atoms with Crippen LogP contribution >= 0.6 is 15.9 Å². The molecule has 0 heterocycles. The minimum atomic E-state index is -3.81. The minimum absolute atomic E-state index is 0.0769. The predicted molar refractivity (Wildman–Crippen MR) is 84.6 cm³/mol. The third-order valence-corrected chi connectivity index (χ3v) is 6.01. The van der Waals surface area contributed by atoms with Crippen molar-refractivity contribution in [3.05, 3.63) is 27.7 Å². The Balaban J connectivity index is 3.02. The summed E-state index contributed by atoms with van der Waals surface area (Å²) in [7, 11) is -4.79. The first-order valence-electron chi connectivity index (χ1n) is 5.98. The molecule has 118 valence electrons. The molecule has 21 heavy (non-hydrogen) atoms. The van der Waals surface area contributed by atoms with Gasteiger partial charge in [-0.15, -0.1) is 0 Å². The average molecular weight is 398 g/mol. The van der Waals surface area contributed by atoms with Crippen LogP contribution in [0.5, 0.6) is 0 Å². The number of nitrogens with one attached hydrogen (secondary N) is 1. The maximum atomic E-state index is 12.2. The second kappa shape index (κ2) is 7.48. The normalized spacial score (nSPS) is 13.1. The summed E-state index contributed by atoms with van der Waals surface area (Å²) in [6.07, 6.45) is 1.99. The van der Waals surface area contributed by atoms with Gasteiger partial charge in [0.15, 0.2) is 0 Å². The smallest absolute Gasteiger partial charge is 0.335 e. The van der Waals surface area contributed by atoms with Crippen LogP contribution in [0, 0.1) is 6.92 Å². The average Bonchev–Trinajstić information content (AvgIpc) is 2.37. The number of aromatic carboxylic acids is 1. The van der Waals surface area contributed by atoms with E-state index in [-0.39, 0.29) is 17.0 Å². The fraction of sp³-hybridized carbons (Fsp3) is 0.417. The Kier molecular flexibility index (Phi) is 6.51. The van der Waals surface area contributed by atoms with E-state index < -0.39 is 26.8 Å². The summed E-state index contributed by atoms with van der Waals surface area (Å²) in [5, 5.41) is 9.00. The van der Waals surface area contributed by atoms with Crippen LogP contribution in [0.3, 0.4) is 0 Å². The molecular weight excluding hydrogens is 382 g/mol. The lowest BCUT2D eigenvalue weighted by molar-refractivity contribution is 0.0696. The van der Waals surface area contributed by atoms with Gasteiger partial charge in [0.1, 0.15) is 0 Å². The van der Waals surface area contributed by atoms with Crippen LogP contribution in [-0.4, -0.2) is 42.3 Å². The van der Waals surface area contributed by atoms with Gasteiger partial charge in [0.25, 0.3) is 0 Å². The first-order valence-corrected chi connectivity index (χ1v) is 9.98. The number of halogens is 1. The molecule has 1 aromatic rings. The highest BCUT2D eigenvalue weighted by atomic mass is 79.9. The van der Waals surface area contributed by atoms with Crippen molar-refractivity contribution < 1.29 is 22.5 Å². The molecule has 1 rings (SSSR count). The summed E-state index contributed by atoms with van der Waals surface area (Å²) in [6, 6.07) is 2.49. The van der Waals surface area contributed by atoms with Crippen molar-refractivity contribution in [2.45, 2.75) is 18.2 Å². The van der Waals surface area contributed by atoms with E-state index in [9.17, 15) is 17.4 Å². The van der Waals surface area contributed by atoms with Gasteiger partial charge in [-0.2, -0.15) is 0 Å². The van der Waals surface area contributed by atoms with Gasteiger partial charge < -0.3 is 5.11 Å². The molecule has 1 atom stereocenters. The maximum Gasteiger partial charge on any atom is 0.335 e. The van der Waals surface area contributed by atoms with Crippen LogP contribution in [-0.2, 0) is 20.8 Å². The van der Waals surface area contributed by atoms with Crippen molar-refractivity contribution in [1.29, 1.82) is 0 Å². The Hall–Kier alpha value is -0.770. The molecule has 0 aromatic heterocycles. The van der Waals surface area contributed by atoms with Crippen LogP contribution in [0.4, 0.5) is 0 Å². The van der Waals surface area contributed by atoms with Gasteiger partial charge in [-0.05, 0) is 31.0 Å². The topological polar surface area (TPSA) is 101 Å². The zero-order chi connectivity index (χ0) is 16.2. The zero-order valence-electron chi connectivity index (χ0n) is 11.6. The van der Waals surface area contributed by atoms with E-state index >= 15 is 0 Å². The van der Waals surface area contributed by atoms with Gasteiger partial charge in [-0.25, -0.2) is 17.9 Å². The Bertz CT molecular complexity index is 672. The Morgan fingerprint density at radius 2 is 2.05 bits per heavy atom. The van der Waals surface area contributed by atoms with Crippen molar-refractivity contribution >= 4 is 42.7 Å². The summed E-state index contributed by atoms with van der Waals surface area (Å²) in [4.78, 5) is 10.9. The van der Waals surface area contributed by atoms with Crippen LogP contribution in [0.2, 0.25) is 0 Å². The van der Waals surface area contributed by atoms with E-state index in [1.54, 1.807) is 13.2 Å². The minimum Gasteiger partial charge on any atom is -0.478 e. The zero-order valence-corrected chi connectivity index (χ0v) is 14.8. The third-order valence-electron chi connectivity index (χ3n) is 2.73. The molecule has 0 amide bonds. The van der Waals surface area contributed by atoms with Crippen molar-refractivity contribution in [1.82, 2.24) is 4.72 Å². The third kappa shape index (κ3) is 5.17. The van der Waals surface area contributed by atoms with Crippen molar-refractivity contribution in [2.24, 2.45) is 0 Å². The lowest BCUT2D eigenvalue weighted by Crippen LogP contribution is -2.26. The molecule has 0 bridgehead atoms. The van der Waals surface area contributed by atoms with E-state index in [1.165, 1.54) is 6.07 Å². The fourth-order valence-corrected chi connectivity index (χ4v) is 4.12. The summed E-state index contributed by atoms with van der Waals surface area (Å²) in [6.45, 7) is 1.74. The number of hydrogen-bond donors (Lipinski definition) is 2. The maximum absolute atomic E-state index is 12.2. The predicted octanol–water partition coefficient (Wildman–Crippen LogP) is 1.50. The number of sulfonamides is 1. The lowest BCUT2D eigenvalue weighted by Gasteiger charge is -2.11. The van der Waals surface area contributed by atoms with E-state index in [2.05, 4.69) is 20.7 Å². The summed E-state index contributed by atoms with van der Waals surface area (Å²) >= 11 is 3.16. The molecule has 0 saturated carbocycles. The van der Waals surface area contributed by atoms with Crippen LogP contribution < -0.4 is 4.72 Å². The van der Waals surface area contributed by atoms with Gasteiger partial charge in [-0.3, -0.25) is 4.21 Å². The molecule has 0 spiro atoms. The van der Waals surface area contributed by atoms with Crippen LogP contribution in [0.15, 0.2) is 21.5 Å². The number of carbonyl (C=O) groups is 1. The van der Waals surface area contributed by atoms with Crippen LogP contribution in [0.1, 0.15) is 22.3 Å². The highest BCUT2D eigenvalue weighted by molar-refractivity contribution is 9.10. The molecule has 0 aliphatic rings. The van der Waals surface area contributed by atoms with Gasteiger partial charge >= 0.3 is 5.97 Å². The molecule has 1 aromatic carbocycles. The lowest BCUT2D eigenvalue weighted by atomic mass is 10.1. The second-order valence-corrected chi connectivity index (χ2v) is 8.56. The SMILES string of the molecule is Cc1c(Br)cc(C(=O)O)cc1S(=O)(=O)NCCCS(C)=O. The molecule has 0 fully saturated rings. The van der Waals surface area contributed by atoms with Crippen molar-refractivity contribution in [2.75, 3.05) is 18.6 Å². The quantitative estimate of drug-likeness (QED) is 0.678. The van der Waals surface area contributed by atoms with Crippen LogP contribution in [0.25, 0.3) is 0 Å². The highest BCUT2D eigenvalue weighted by Gasteiger charge is 2.20. The van der Waals surface area contributed by atoms with Gasteiger partial charge in [0.05, 0.1) is 10.5 Å². The Morgan fingerprint density at radius 1 is 1.43 bits per heavy atom. The summed E-state index contributed by atoms with van der Waals surface area (Å²) in [5.41, 5.74) is 0.328. The van der Waals surface area contributed by atoms with Gasteiger partial charge in [0.2, 0.25) is 10.0 Å². The van der Waals surface area contributed by atoms with Gasteiger partial charge in [-0.1, -0.05) is 15.9 Å². The largest absolute Gasteiger partial charge is 0.478 e.